The van der Waals surface area contributed by atoms with E-state index in [1.807, 2.05) is 19.1 Å². The Labute approximate surface area is 134 Å². The number of amides is 2. The number of hydrazone groups is 1. The van der Waals surface area contributed by atoms with Crippen molar-refractivity contribution in [3.8, 4) is 5.75 Å². The van der Waals surface area contributed by atoms with Gasteiger partial charge in [0.05, 0.1) is 6.21 Å². The molecule has 0 aliphatic carbocycles. The molecule has 2 aromatic rings. The summed E-state index contributed by atoms with van der Waals surface area (Å²) in [6.45, 7) is 1.70. The fraction of sp³-hybridized carbons (Fsp3) is 0.118. The second-order valence-electron chi connectivity index (χ2n) is 4.84. The Hall–Kier alpha value is -3.15. The summed E-state index contributed by atoms with van der Waals surface area (Å²) in [6, 6.07) is 14.2. The molecular formula is C17H17N3O3. The molecule has 6 nitrogen and oxygen atoms in total. The van der Waals surface area contributed by atoms with Gasteiger partial charge in [-0.15, -0.1) is 0 Å². The Bertz CT molecular complexity index is 724. The van der Waals surface area contributed by atoms with Crippen LogP contribution in [-0.2, 0) is 4.79 Å². The molecule has 2 aromatic carbocycles. The number of carbonyl (C=O) groups is 2. The normalized spacial score (nSPS) is 10.5. The molecule has 0 bridgehead atoms. The van der Waals surface area contributed by atoms with Crippen molar-refractivity contribution in [2.75, 3.05) is 6.61 Å². The molecule has 23 heavy (non-hydrogen) atoms. The second-order valence-corrected chi connectivity index (χ2v) is 4.84. The molecular weight excluding hydrogens is 294 g/mol. The number of rotatable bonds is 6. The van der Waals surface area contributed by atoms with Crippen LogP contribution in [0.1, 0.15) is 21.5 Å². The summed E-state index contributed by atoms with van der Waals surface area (Å²) >= 11 is 0. The smallest absolute Gasteiger partial charge is 0.271 e. The fourth-order valence-corrected chi connectivity index (χ4v) is 1.86. The van der Waals surface area contributed by atoms with Crippen LogP contribution in [0.2, 0.25) is 0 Å². The van der Waals surface area contributed by atoms with Gasteiger partial charge in [-0.25, -0.2) is 5.43 Å². The summed E-state index contributed by atoms with van der Waals surface area (Å²) in [5.41, 5.74) is 9.73. The highest BCUT2D eigenvalue weighted by Crippen LogP contribution is 2.11. The van der Waals surface area contributed by atoms with Crippen molar-refractivity contribution in [2.24, 2.45) is 10.8 Å². The van der Waals surface area contributed by atoms with Crippen LogP contribution < -0.4 is 15.9 Å². The molecule has 118 valence electrons. The minimum Gasteiger partial charge on any atom is -0.484 e. The lowest BCUT2D eigenvalue weighted by Gasteiger charge is -2.04. The maximum atomic E-state index is 12.0. The first kappa shape index (κ1) is 16.2. The van der Waals surface area contributed by atoms with Crippen molar-refractivity contribution >= 4 is 18.0 Å². The fourth-order valence-electron chi connectivity index (χ4n) is 1.86. The zero-order valence-electron chi connectivity index (χ0n) is 12.7. The van der Waals surface area contributed by atoms with E-state index in [0.717, 1.165) is 11.1 Å². The summed E-state index contributed by atoms with van der Waals surface area (Å²) in [5, 5.41) is 3.92. The highest BCUT2D eigenvalue weighted by molar-refractivity contribution is 5.96. The van der Waals surface area contributed by atoms with Crippen LogP contribution in [0.25, 0.3) is 0 Å². The number of aryl methyl sites for hydroxylation is 1. The van der Waals surface area contributed by atoms with E-state index < -0.39 is 5.91 Å². The summed E-state index contributed by atoms with van der Waals surface area (Å²) in [7, 11) is 0. The van der Waals surface area contributed by atoms with E-state index in [0.29, 0.717) is 11.3 Å². The highest BCUT2D eigenvalue weighted by atomic mass is 16.5. The first-order valence-corrected chi connectivity index (χ1v) is 6.96. The maximum Gasteiger partial charge on any atom is 0.271 e. The molecule has 0 radical (unpaired) electrons. The van der Waals surface area contributed by atoms with Crippen molar-refractivity contribution < 1.29 is 14.3 Å². The molecule has 0 atom stereocenters. The van der Waals surface area contributed by atoms with Gasteiger partial charge in [0.2, 0.25) is 0 Å². The van der Waals surface area contributed by atoms with Crippen LogP contribution in [0, 0.1) is 6.92 Å². The predicted molar refractivity (Wildman–Crippen MR) is 87.4 cm³/mol. The van der Waals surface area contributed by atoms with E-state index >= 15 is 0 Å². The quantitative estimate of drug-likeness (QED) is 0.627. The number of primary amides is 1. The summed E-state index contributed by atoms with van der Waals surface area (Å²) in [4.78, 5) is 22.6. The summed E-state index contributed by atoms with van der Waals surface area (Å²) < 4.78 is 5.15. The predicted octanol–water partition coefficient (Wildman–Crippen LogP) is 1.62. The Kier molecular flexibility index (Phi) is 5.46. The van der Waals surface area contributed by atoms with Gasteiger partial charge in [0.1, 0.15) is 5.75 Å². The summed E-state index contributed by atoms with van der Waals surface area (Å²) in [6.07, 6.45) is 1.52. The average molecular weight is 311 g/mol. The molecule has 6 heteroatoms. The molecule has 0 aliphatic heterocycles. The van der Waals surface area contributed by atoms with Gasteiger partial charge in [0.25, 0.3) is 11.8 Å². The van der Waals surface area contributed by atoms with E-state index in [1.165, 1.54) is 6.21 Å². The molecule has 0 aromatic heterocycles. The van der Waals surface area contributed by atoms with Gasteiger partial charge in [-0.05, 0) is 48.4 Å². The van der Waals surface area contributed by atoms with Crippen molar-refractivity contribution in [3.63, 3.8) is 0 Å². The number of nitrogens with zero attached hydrogens (tertiary/aromatic N) is 1. The van der Waals surface area contributed by atoms with Crippen molar-refractivity contribution in [3.05, 3.63) is 65.2 Å². The van der Waals surface area contributed by atoms with Crippen LogP contribution in [0.15, 0.2) is 53.6 Å². The molecule has 0 fully saturated rings. The molecule has 2 rings (SSSR count). The van der Waals surface area contributed by atoms with Crippen LogP contribution in [0.4, 0.5) is 0 Å². The van der Waals surface area contributed by atoms with Gasteiger partial charge in [-0.1, -0.05) is 18.2 Å². The third-order valence-electron chi connectivity index (χ3n) is 3.03. The van der Waals surface area contributed by atoms with E-state index in [4.69, 9.17) is 10.5 Å². The average Bonchev–Trinajstić information content (AvgIpc) is 2.54. The van der Waals surface area contributed by atoms with Crippen molar-refractivity contribution in [1.29, 1.82) is 0 Å². The number of nitrogens with one attached hydrogen (secondary N) is 1. The van der Waals surface area contributed by atoms with Crippen LogP contribution in [0.5, 0.6) is 5.75 Å². The van der Waals surface area contributed by atoms with Crippen LogP contribution in [0.3, 0.4) is 0 Å². The topological polar surface area (TPSA) is 93.8 Å². The third kappa shape index (κ3) is 4.96. The zero-order valence-corrected chi connectivity index (χ0v) is 12.7. The van der Waals surface area contributed by atoms with Crippen LogP contribution in [-0.4, -0.2) is 24.6 Å². The first-order valence-electron chi connectivity index (χ1n) is 6.96. The zero-order chi connectivity index (χ0) is 16.7. The van der Waals surface area contributed by atoms with Gasteiger partial charge < -0.3 is 10.5 Å². The largest absolute Gasteiger partial charge is 0.484 e. The molecule has 0 saturated carbocycles. The molecule has 0 spiro atoms. The van der Waals surface area contributed by atoms with Gasteiger partial charge in [-0.2, -0.15) is 5.10 Å². The Morgan fingerprint density at radius 3 is 2.52 bits per heavy atom. The van der Waals surface area contributed by atoms with E-state index in [-0.39, 0.29) is 12.5 Å². The Morgan fingerprint density at radius 2 is 1.87 bits per heavy atom. The molecule has 2 amide bonds. The number of nitrogens with two attached hydrogens (primary N) is 1. The highest BCUT2D eigenvalue weighted by Gasteiger charge is 2.06. The number of carbonyl (C=O) groups excluding carboxylic acids is 2. The van der Waals surface area contributed by atoms with Crippen LogP contribution >= 0.6 is 0 Å². The first-order chi connectivity index (χ1) is 11.1. The van der Waals surface area contributed by atoms with Gasteiger partial charge in [0.15, 0.2) is 6.61 Å². The molecule has 0 heterocycles. The summed E-state index contributed by atoms with van der Waals surface area (Å²) in [5.74, 6) is -0.264. The standard InChI is InChI=1S/C17H17N3O3/c1-12-4-2-3-5-15(12)17(22)20-19-10-13-6-8-14(9-7-13)23-11-16(18)21/h2-10H,11H2,1H3,(H2,18,21)(H,20,22)/b19-10+. The van der Waals surface area contributed by atoms with Crippen molar-refractivity contribution in [1.82, 2.24) is 5.43 Å². The molecule has 3 N–H and O–H groups in total. The molecule has 0 aliphatic rings. The SMILES string of the molecule is Cc1ccccc1C(=O)N/N=C/c1ccc(OCC(N)=O)cc1. The van der Waals surface area contributed by atoms with Gasteiger partial charge in [0, 0.05) is 5.56 Å². The van der Waals surface area contributed by atoms with E-state index in [2.05, 4.69) is 10.5 Å². The lowest BCUT2D eigenvalue weighted by atomic mass is 10.1. The van der Waals surface area contributed by atoms with E-state index in [1.54, 1.807) is 36.4 Å². The van der Waals surface area contributed by atoms with Gasteiger partial charge >= 0.3 is 0 Å². The number of ether oxygens (including phenoxy) is 1. The number of hydrogen-bond acceptors (Lipinski definition) is 4. The lowest BCUT2D eigenvalue weighted by Crippen LogP contribution is -2.20. The molecule has 0 saturated heterocycles. The van der Waals surface area contributed by atoms with E-state index in [9.17, 15) is 9.59 Å². The lowest BCUT2D eigenvalue weighted by molar-refractivity contribution is -0.119. The second kappa shape index (κ2) is 7.74. The Morgan fingerprint density at radius 1 is 1.17 bits per heavy atom. The third-order valence-corrected chi connectivity index (χ3v) is 3.03. The number of hydrogen-bond donors (Lipinski definition) is 2. The molecule has 0 unspecified atom stereocenters. The maximum absolute atomic E-state index is 12.0. The minimum absolute atomic E-state index is 0.167. The number of benzene rings is 2. The van der Waals surface area contributed by atoms with Gasteiger partial charge in [-0.3, -0.25) is 9.59 Å². The Balaban J connectivity index is 1.92. The monoisotopic (exact) mass is 311 g/mol. The van der Waals surface area contributed by atoms with Crippen molar-refractivity contribution in [2.45, 2.75) is 6.92 Å². The minimum atomic E-state index is -0.533.